The molecular weight excluding hydrogens is 210 g/mol. The van der Waals surface area contributed by atoms with Crippen molar-refractivity contribution in [3.05, 3.63) is 29.8 Å². The molecule has 5 heteroatoms. The molecule has 1 aliphatic heterocycles. The van der Waals surface area contributed by atoms with Gasteiger partial charge in [0, 0.05) is 12.2 Å². The second-order valence-electron chi connectivity index (χ2n) is 3.48. The average molecular weight is 221 g/mol. The van der Waals surface area contributed by atoms with Crippen molar-refractivity contribution >= 4 is 17.7 Å². The van der Waals surface area contributed by atoms with Gasteiger partial charge in [-0.2, -0.15) is 0 Å². The number of cyclic esters (lactones) is 1. The largest absolute Gasteiger partial charge is 0.478 e. The van der Waals surface area contributed by atoms with Crippen LogP contribution in [0.5, 0.6) is 0 Å². The van der Waals surface area contributed by atoms with E-state index in [1.807, 2.05) is 0 Å². The number of ether oxygens (including phenoxy) is 1. The SMILES string of the molecule is O=C(O)c1cccc(N2CCCOC2=O)c1. The molecule has 0 radical (unpaired) electrons. The molecule has 1 aliphatic rings. The second kappa shape index (κ2) is 4.22. The molecule has 16 heavy (non-hydrogen) atoms. The van der Waals surface area contributed by atoms with Crippen molar-refractivity contribution in [2.24, 2.45) is 0 Å². The number of anilines is 1. The number of benzene rings is 1. The number of rotatable bonds is 2. The Hall–Kier alpha value is -2.04. The first kappa shape index (κ1) is 10.5. The van der Waals surface area contributed by atoms with Crippen LogP contribution in [0.25, 0.3) is 0 Å². The third kappa shape index (κ3) is 1.98. The van der Waals surface area contributed by atoms with E-state index < -0.39 is 12.1 Å². The molecule has 0 unspecified atom stereocenters. The molecule has 5 nitrogen and oxygen atoms in total. The van der Waals surface area contributed by atoms with Gasteiger partial charge in [0.15, 0.2) is 0 Å². The molecule has 1 saturated heterocycles. The fraction of sp³-hybridized carbons (Fsp3) is 0.273. The zero-order valence-corrected chi connectivity index (χ0v) is 8.55. The molecule has 1 aromatic carbocycles. The van der Waals surface area contributed by atoms with E-state index in [0.717, 1.165) is 6.42 Å². The van der Waals surface area contributed by atoms with E-state index >= 15 is 0 Å². The van der Waals surface area contributed by atoms with E-state index in [9.17, 15) is 9.59 Å². The van der Waals surface area contributed by atoms with Crippen molar-refractivity contribution in [2.75, 3.05) is 18.1 Å². The maximum atomic E-state index is 11.4. The first-order valence-electron chi connectivity index (χ1n) is 4.96. The lowest BCUT2D eigenvalue weighted by Gasteiger charge is -2.26. The van der Waals surface area contributed by atoms with Crippen LogP contribution >= 0.6 is 0 Å². The van der Waals surface area contributed by atoms with Crippen LogP contribution in [0.4, 0.5) is 10.5 Å². The Morgan fingerprint density at radius 1 is 1.44 bits per heavy atom. The van der Waals surface area contributed by atoms with Crippen molar-refractivity contribution < 1.29 is 19.4 Å². The van der Waals surface area contributed by atoms with Gasteiger partial charge in [-0.25, -0.2) is 9.59 Å². The lowest BCUT2D eigenvalue weighted by atomic mass is 10.2. The van der Waals surface area contributed by atoms with E-state index in [2.05, 4.69) is 0 Å². The molecule has 1 fully saturated rings. The van der Waals surface area contributed by atoms with Gasteiger partial charge in [-0.1, -0.05) is 6.07 Å². The van der Waals surface area contributed by atoms with Crippen molar-refractivity contribution in [3.63, 3.8) is 0 Å². The van der Waals surface area contributed by atoms with Gasteiger partial charge in [0.1, 0.15) is 0 Å². The lowest BCUT2D eigenvalue weighted by Crippen LogP contribution is -2.37. The zero-order chi connectivity index (χ0) is 11.5. The summed E-state index contributed by atoms with van der Waals surface area (Å²) in [4.78, 5) is 23.7. The minimum atomic E-state index is -1.01. The van der Waals surface area contributed by atoms with Gasteiger partial charge in [-0.15, -0.1) is 0 Å². The molecule has 0 saturated carbocycles. The molecule has 0 bridgehead atoms. The van der Waals surface area contributed by atoms with Gasteiger partial charge in [0.25, 0.3) is 0 Å². The highest BCUT2D eigenvalue weighted by Crippen LogP contribution is 2.19. The van der Waals surface area contributed by atoms with E-state index in [-0.39, 0.29) is 5.56 Å². The number of carbonyl (C=O) groups excluding carboxylic acids is 1. The Morgan fingerprint density at radius 2 is 2.25 bits per heavy atom. The van der Waals surface area contributed by atoms with Crippen molar-refractivity contribution in [1.29, 1.82) is 0 Å². The van der Waals surface area contributed by atoms with E-state index in [1.54, 1.807) is 12.1 Å². The summed E-state index contributed by atoms with van der Waals surface area (Å²) in [5.74, 6) is -1.01. The van der Waals surface area contributed by atoms with Crippen LogP contribution in [0, 0.1) is 0 Å². The minimum Gasteiger partial charge on any atom is -0.478 e. The molecule has 1 heterocycles. The van der Waals surface area contributed by atoms with E-state index in [1.165, 1.54) is 17.0 Å². The van der Waals surface area contributed by atoms with Gasteiger partial charge < -0.3 is 9.84 Å². The predicted molar refractivity (Wildman–Crippen MR) is 56.7 cm³/mol. The Kier molecular flexibility index (Phi) is 2.76. The first-order valence-corrected chi connectivity index (χ1v) is 4.96. The minimum absolute atomic E-state index is 0.163. The molecule has 0 spiro atoms. The molecule has 0 aliphatic carbocycles. The molecule has 84 valence electrons. The molecule has 2 rings (SSSR count). The number of carboxylic acids is 1. The highest BCUT2D eigenvalue weighted by atomic mass is 16.6. The van der Waals surface area contributed by atoms with Crippen LogP contribution in [-0.2, 0) is 4.74 Å². The second-order valence-corrected chi connectivity index (χ2v) is 3.48. The number of amides is 1. The highest BCUT2D eigenvalue weighted by molar-refractivity contribution is 5.92. The smallest absolute Gasteiger partial charge is 0.414 e. The standard InChI is InChI=1S/C11H11NO4/c13-10(14)8-3-1-4-9(7-8)12-5-2-6-16-11(12)15/h1,3-4,7H,2,5-6H2,(H,13,14). The summed E-state index contributed by atoms with van der Waals surface area (Å²) in [5.41, 5.74) is 0.723. The zero-order valence-electron chi connectivity index (χ0n) is 8.55. The first-order chi connectivity index (χ1) is 7.68. The molecule has 0 aromatic heterocycles. The maximum Gasteiger partial charge on any atom is 0.414 e. The van der Waals surface area contributed by atoms with Crippen LogP contribution in [-0.4, -0.2) is 30.3 Å². The normalized spacial score (nSPS) is 15.8. The average Bonchev–Trinajstić information content (AvgIpc) is 2.30. The number of carbonyl (C=O) groups is 2. The molecular formula is C11H11NO4. The summed E-state index contributed by atoms with van der Waals surface area (Å²) in [6.45, 7) is 0.982. The van der Waals surface area contributed by atoms with E-state index in [0.29, 0.717) is 18.8 Å². The Morgan fingerprint density at radius 3 is 2.94 bits per heavy atom. The van der Waals surface area contributed by atoms with Crippen LogP contribution < -0.4 is 4.90 Å². The summed E-state index contributed by atoms with van der Waals surface area (Å²) in [7, 11) is 0. The summed E-state index contributed by atoms with van der Waals surface area (Å²) in [6, 6.07) is 6.26. The van der Waals surface area contributed by atoms with Gasteiger partial charge >= 0.3 is 12.1 Å². The van der Waals surface area contributed by atoms with Gasteiger partial charge in [0.05, 0.1) is 12.2 Å². The molecule has 1 amide bonds. The topological polar surface area (TPSA) is 66.8 Å². The molecule has 1 N–H and O–H groups in total. The number of hydrogen-bond donors (Lipinski definition) is 1. The quantitative estimate of drug-likeness (QED) is 0.825. The maximum absolute atomic E-state index is 11.4. The van der Waals surface area contributed by atoms with Gasteiger partial charge in [-0.05, 0) is 24.6 Å². The fourth-order valence-corrected chi connectivity index (χ4v) is 1.59. The van der Waals surface area contributed by atoms with E-state index in [4.69, 9.17) is 9.84 Å². The third-order valence-corrected chi connectivity index (χ3v) is 2.38. The summed E-state index contributed by atoms with van der Waals surface area (Å²) in [6.07, 6.45) is 0.331. The Balaban J connectivity index is 2.28. The lowest BCUT2D eigenvalue weighted by molar-refractivity contribution is 0.0696. The van der Waals surface area contributed by atoms with Crippen molar-refractivity contribution in [1.82, 2.24) is 0 Å². The predicted octanol–water partition coefficient (Wildman–Crippen LogP) is 1.73. The number of carboxylic acid groups (broad SMARTS) is 1. The van der Waals surface area contributed by atoms with Crippen molar-refractivity contribution in [2.45, 2.75) is 6.42 Å². The van der Waals surface area contributed by atoms with Crippen LogP contribution in [0.2, 0.25) is 0 Å². The van der Waals surface area contributed by atoms with Gasteiger partial charge in [0.2, 0.25) is 0 Å². The number of nitrogens with zero attached hydrogens (tertiary/aromatic N) is 1. The van der Waals surface area contributed by atoms with Crippen molar-refractivity contribution in [3.8, 4) is 0 Å². The number of hydrogen-bond acceptors (Lipinski definition) is 3. The summed E-state index contributed by atoms with van der Waals surface area (Å²) >= 11 is 0. The molecule has 1 aromatic rings. The monoisotopic (exact) mass is 221 g/mol. The fourth-order valence-electron chi connectivity index (χ4n) is 1.59. The van der Waals surface area contributed by atoms with Crippen LogP contribution in [0.15, 0.2) is 24.3 Å². The summed E-state index contributed by atoms with van der Waals surface area (Å²) in [5, 5.41) is 8.84. The molecule has 0 atom stereocenters. The third-order valence-electron chi connectivity index (χ3n) is 2.38. The van der Waals surface area contributed by atoms with Gasteiger partial charge in [-0.3, -0.25) is 4.90 Å². The van der Waals surface area contributed by atoms with Crippen LogP contribution in [0.1, 0.15) is 16.8 Å². The summed E-state index contributed by atoms with van der Waals surface area (Å²) < 4.78 is 4.88. The number of aromatic carboxylic acids is 1. The Bertz CT molecular complexity index is 430. The highest BCUT2D eigenvalue weighted by Gasteiger charge is 2.21. The van der Waals surface area contributed by atoms with Crippen LogP contribution in [0.3, 0.4) is 0 Å². The Labute approximate surface area is 92.2 Å².